The molecular weight excluding hydrogens is 223 g/mol. The molecule has 1 fully saturated rings. The van der Waals surface area contributed by atoms with Crippen LogP contribution in [0.2, 0.25) is 0 Å². The molecule has 0 nitrogen and oxygen atoms in total. The molecule has 1 aliphatic rings. The molecule has 17 heavy (non-hydrogen) atoms. The summed E-state index contributed by atoms with van der Waals surface area (Å²) in [5, 5.41) is 0. The van der Waals surface area contributed by atoms with Crippen LogP contribution < -0.4 is 0 Å². The maximum atomic E-state index is 2.52. The summed E-state index contributed by atoms with van der Waals surface area (Å²) < 4.78 is 0. The summed E-state index contributed by atoms with van der Waals surface area (Å²) in [5.41, 5.74) is 3.93. The van der Waals surface area contributed by atoms with Gasteiger partial charge in [-0.25, -0.2) is 0 Å². The van der Waals surface area contributed by atoms with Crippen molar-refractivity contribution in [2.45, 2.75) is 96.8 Å². The molecule has 1 aliphatic carbocycles. The summed E-state index contributed by atoms with van der Waals surface area (Å²) >= 11 is 0. The van der Waals surface area contributed by atoms with E-state index in [1.54, 1.807) is 0 Å². The van der Waals surface area contributed by atoms with E-state index in [4.69, 9.17) is 0 Å². The summed E-state index contributed by atoms with van der Waals surface area (Å²) in [5.74, 6) is 0.990. The fraction of sp³-hybridized carbons (Fsp3) is 1.00. The van der Waals surface area contributed by atoms with Gasteiger partial charge in [-0.15, -0.1) is 0 Å². The molecule has 1 saturated carbocycles. The quantitative estimate of drug-likeness (QED) is 0.581. The van der Waals surface area contributed by atoms with Gasteiger partial charge in [0, 0.05) is 0 Å². The molecule has 1 rings (SSSR count). The molecule has 0 atom stereocenters. The van der Waals surface area contributed by atoms with Crippen molar-refractivity contribution >= 4 is 7.26 Å². The average Bonchev–Trinajstić information content (AvgIpc) is 2.20. The van der Waals surface area contributed by atoms with E-state index in [1.807, 2.05) is 0 Å². The topological polar surface area (TPSA) is 0 Å². The second kappa shape index (κ2) is 6.05. The normalized spacial score (nSPS) is 28.1. The molecular formula is C16H35P. The Balaban J connectivity index is 2.96. The van der Waals surface area contributed by atoms with Crippen LogP contribution in [-0.4, -0.2) is 22.6 Å². The fourth-order valence-electron chi connectivity index (χ4n) is 5.17. The van der Waals surface area contributed by atoms with Crippen molar-refractivity contribution in [1.29, 1.82) is 0 Å². The summed E-state index contributed by atoms with van der Waals surface area (Å²) in [6, 6.07) is 0. The Kier molecular flexibility index (Phi) is 5.51. The monoisotopic (exact) mass is 258 g/mol. The van der Waals surface area contributed by atoms with E-state index < -0.39 is 7.26 Å². The van der Waals surface area contributed by atoms with Crippen LogP contribution in [0.1, 0.15) is 74.1 Å². The summed E-state index contributed by atoms with van der Waals surface area (Å²) in [7, 11) is -1.16. The zero-order valence-electron chi connectivity index (χ0n) is 13.2. The molecule has 0 unspecified atom stereocenters. The average molecular weight is 258 g/mol. The molecule has 0 N–H and O–H groups in total. The first-order chi connectivity index (χ1) is 7.83. The van der Waals surface area contributed by atoms with Crippen LogP contribution in [0.3, 0.4) is 0 Å². The van der Waals surface area contributed by atoms with E-state index in [1.165, 1.54) is 25.7 Å². The maximum absolute atomic E-state index is 2.52. The van der Waals surface area contributed by atoms with Gasteiger partial charge in [-0.3, -0.25) is 0 Å². The van der Waals surface area contributed by atoms with Gasteiger partial charge in [0.15, 0.2) is 0 Å². The molecule has 0 heterocycles. The molecule has 0 aromatic heterocycles. The molecule has 0 aromatic rings. The minimum absolute atomic E-state index is 0.945. The third-order valence-electron chi connectivity index (χ3n) is 5.72. The first kappa shape index (κ1) is 15.5. The Bertz CT molecular complexity index is 200. The van der Waals surface area contributed by atoms with E-state index in [0.29, 0.717) is 0 Å². The second-order valence-electron chi connectivity index (χ2n) is 7.42. The predicted molar refractivity (Wildman–Crippen MR) is 85.1 cm³/mol. The van der Waals surface area contributed by atoms with E-state index in [0.717, 1.165) is 28.6 Å². The van der Waals surface area contributed by atoms with Crippen LogP contribution in [0, 0.1) is 5.92 Å². The molecule has 1 heteroatoms. The van der Waals surface area contributed by atoms with Crippen molar-refractivity contribution < 1.29 is 0 Å². The van der Waals surface area contributed by atoms with Crippen molar-refractivity contribution in [1.82, 2.24) is 0 Å². The fourth-order valence-corrected chi connectivity index (χ4v) is 13.3. The molecule has 0 aliphatic heterocycles. The third-order valence-corrected chi connectivity index (χ3v) is 13.7. The van der Waals surface area contributed by atoms with E-state index >= 15 is 0 Å². The van der Waals surface area contributed by atoms with E-state index in [-0.39, 0.29) is 0 Å². The Morgan fingerprint density at radius 3 is 1.35 bits per heavy atom. The molecule has 0 saturated heterocycles. The molecule has 0 radical (unpaired) electrons. The van der Waals surface area contributed by atoms with E-state index in [9.17, 15) is 0 Å². The minimum atomic E-state index is -1.16. The predicted octanol–water partition coefficient (Wildman–Crippen LogP) is 5.54. The molecule has 0 bridgehead atoms. The summed E-state index contributed by atoms with van der Waals surface area (Å²) in [6.45, 7) is 17.6. The Hall–Kier alpha value is 0.430. The van der Waals surface area contributed by atoms with Crippen LogP contribution in [0.25, 0.3) is 0 Å². The first-order valence-electron chi connectivity index (χ1n) is 7.83. The summed E-state index contributed by atoms with van der Waals surface area (Å²) in [4.78, 5) is 0. The van der Waals surface area contributed by atoms with Gasteiger partial charge in [0.1, 0.15) is 0 Å². The van der Waals surface area contributed by atoms with Crippen molar-refractivity contribution in [3.05, 3.63) is 0 Å². The number of rotatable bonds is 4. The van der Waals surface area contributed by atoms with Crippen LogP contribution in [-0.2, 0) is 0 Å². The van der Waals surface area contributed by atoms with Gasteiger partial charge in [-0.05, 0) is 0 Å². The Morgan fingerprint density at radius 2 is 1.06 bits per heavy atom. The van der Waals surface area contributed by atoms with Crippen LogP contribution >= 0.6 is 7.26 Å². The molecule has 0 spiro atoms. The zero-order valence-corrected chi connectivity index (χ0v) is 14.2. The van der Waals surface area contributed by atoms with Gasteiger partial charge in [0.05, 0.1) is 0 Å². The first-order valence-corrected chi connectivity index (χ1v) is 10.1. The van der Waals surface area contributed by atoms with Crippen molar-refractivity contribution in [2.75, 3.05) is 0 Å². The zero-order chi connectivity index (χ0) is 13.2. The van der Waals surface area contributed by atoms with Gasteiger partial charge < -0.3 is 0 Å². The van der Waals surface area contributed by atoms with Crippen LogP contribution in [0.15, 0.2) is 0 Å². The van der Waals surface area contributed by atoms with E-state index in [2.05, 4.69) is 48.5 Å². The Morgan fingerprint density at radius 1 is 0.706 bits per heavy atom. The van der Waals surface area contributed by atoms with Crippen LogP contribution in [0.4, 0.5) is 0 Å². The molecule has 0 amide bonds. The number of hydrogen-bond donors (Lipinski definition) is 0. The van der Waals surface area contributed by atoms with Crippen molar-refractivity contribution in [3.8, 4) is 0 Å². The molecule has 104 valence electrons. The number of hydrogen-bond acceptors (Lipinski definition) is 0. The SMILES string of the molecule is CC1CCC([PH](C(C)C)(C(C)C)C(C)C)CC1. The second-order valence-corrected chi connectivity index (χ2v) is 13.7. The van der Waals surface area contributed by atoms with Crippen molar-refractivity contribution in [2.24, 2.45) is 5.92 Å². The third kappa shape index (κ3) is 2.89. The standard InChI is InChI=1S/C16H35P/c1-12(2)17(13(3)4,14(5)6)16-10-8-15(7)9-11-16/h12-17H,8-11H2,1-7H3. The van der Waals surface area contributed by atoms with Crippen LogP contribution in [0.5, 0.6) is 0 Å². The van der Waals surface area contributed by atoms with Gasteiger partial charge in [0.25, 0.3) is 0 Å². The van der Waals surface area contributed by atoms with Gasteiger partial charge in [0.2, 0.25) is 0 Å². The Labute approximate surface area is 110 Å². The summed E-state index contributed by atoms with van der Waals surface area (Å²) in [6.07, 6.45) is 6.04. The van der Waals surface area contributed by atoms with Gasteiger partial charge in [-0.2, -0.15) is 0 Å². The van der Waals surface area contributed by atoms with Gasteiger partial charge in [-0.1, -0.05) is 0 Å². The van der Waals surface area contributed by atoms with Crippen molar-refractivity contribution in [3.63, 3.8) is 0 Å². The molecule has 0 aromatic carbocycles. The van der Waals surface area contributed by atoms with Gasteiger partial charge >= 0.3 is 110 Å².